The first-order valence-corrected chi connectivity index (χ1v) is 10.2. The highest BCUT2D eigenvalue weighted by Crippen LogP contribution is 2.38. The van der Waals surface area contributed by atoms with E-state index in [0.717, 1.165) is 29.4 Å². The lowest BCUT2D eigenvalue weighted by atomic mass is 10.0. The highest BCUT2D eigenvalue weighted by Gasteiger charge is 2.31. The van der Waals surface area contributed by atoms with Gasteiger partial charge in [0.05, 0.1) is 17.5 Å². The van der Waals surface area contributed by atoms with Crippen molar-refractivity contribution >= 4 is 34.2 Å². The highest BCUT2D eigenvalue weighted by molar-refractivity contribution is 8.14. The fourth-order valence-corrected chi connectivity index (χ4v) is 4.67. The van der Waals surface area contributed by atoms with Crippen molar-refractivity contribution in [2.75, 3.05) is 11.1 Å². The molecule has 0 bridgehead atoms. The summed E-state index contributed by atoms with van der Waals surface area (Å²) >= 11 is 1.45. The quantitative estimate of drug-likeness (QED) is 0.852. The molecule has 5 nitrogen and oxygen atoms in total. The number of carbonyl (C=O) groups excluding carboxylic acids is 1. The van der Waals surface area contributed by atoms with E-state index in [1.54, 1.807) is 0 Å². The normalized spacial score (nSPS) is 19.0. The van der Waals surface area contributed by atoms with E-state index in [1.807, 2.05) is 35.5 Å². The average Bonchev–Trinajstić information content (AvgIpc) is 3.35. The first-order valence-electron chi connectivity index (χ1n) is 9.22. The number of nitrogens with one attached hydrogen (secondary N) is 2. The van der Waals surface area contributed by atoms with Crippen molar-refractivity contribution in [1.82, 2.24) is 10.4 Å². The first kappa shape index (κ1) is 16.4. The minimum absolute atomic E-state index is 0.0109. The van der Waals surface area contributed by atoms with Crippen LogP contribution in [0.4, 0.5) is 11.4 Å². The summed E-state index contributed by atoms with van der Waals surface area (Å²) in [5.41, 5.74) is 9.02. The Morgan fingerprint density at radius 1 is 1.22 bits per heavy atom. The van der Waals surface area contributed by atoms with Crippen LogP contribution < -0.4 is 10.7 Å². The third kappa shape index (κ3) is 3.10. The molecule has 2 heterocycles. The van der Waals surface area contributed by atoms with Gasteiger partial charge in [-0.3, -0.25) is 9.80 Å². The number of anilines is 1. The molecule has 2 N–H and O–H groups in total. The van der Waals surface area contributed by atoms with Gasteiger partial charge in [0, 0.05) is 17.5 Å². The maximum absolute atomic E-state index is 12.5. The molecule has 27 heavy (non-hydrogen) atoms. The van der Waals surface area contributed by atoms with Crippen LogP contribution in [0.15, 0.2) is 59.7 Å². The predicted octanol–water partition coefficient (Wildman–Crippen LogP) is 3.92. The molecule has 0 spiro atoms. The van der Waals surface area contributed by atoms with Gasteiger partial charge < -0.3 is 10.7 Å². The van der Waals surface area contributed by atoms with Crippen molar-refractivity contribution in [2.24, 2.45) is 4.99 Å². The Kier molecular flexibility index (Phi) is 4.13. The van der Waals surface area contributed by atoms with Crippen molar-refractivity contribution in [3.05, 3.63) is 71.4 Å². The summed E-state index contributed by atoms with van der Waals surface area (Å²) in [5.74, 6) is 0.311. The van der Waals surface area contributed by atoms with E-state index in [9.17, 15) is 4.79 Å². The molecule has 0 radical (unpaired) electrons. The second kappa shape index (κ2) is 6.78. The third-order valence-corrected chi connectivity index (χ3v) is 6.12. The molecule has 2 aromatic rings. The Labute approximate surface area is 162 Å². The molecule has 3 aliphatic rings. The van der Waals surface area contributed by atoms with Crippen LogP contribution in [0, 0.1) is 0 Å². The molecular weight excluding hydrogens is 356 g/mol. The zero-order valence-electron chi connectivity index (χ0n) is 14.8. The largest absolute Gasteiger partial charge is 0.325 e. The lowest BCUT2D eigenvalue weighted by Gasteiger charge is -2.31. The number of thioether (sulfide) groups is 1. The minimum atomic E-state index is -0.0109. The highest BCUT2D eigenvalue weighted by atomic mass is 32.2. The summed E-state index contributed by atoms with van der Waals surface area (Å²) in [5, 5.41) is 5.84. The summed E-state index contributed by atoms with van der Waals surface area (Å²) in [6.07, 6.45) is 7.51. The Hall–Kier alpha value is -2.73. The number of aliphatic imine (C=N–C) groups is 1. The van der Waals surface area contributed by atoms with Crippen molar-refractivity contribution in [3.63, 3.8) is 0 Å². The summed E-state index contributed by atoms with van der Waals surface area (Å²) < 4.78 is 0. The molecule has 2 aliphatic heterocycles. The Balaban J connectivity index is 1.27. The molecule has 0 fully saturated rings. The number of amides is 1. The molecule has 5 rings (SSSR count). The molecule has 0 saturated heterocycles. The van der Waals surface area contributed by atoms with Gasteiger partial charge in [0.15, 0.2) is 5.17 Å². The number of hydrogen-bond acceptors (Lipinski definition) is 5. The van der Waals surface area contributed by atoms with Gasteiger partial charge in [-0.25, -0.2) is 4.99 Å². The van der Waals surface area contributed by atoms with Crippen LogP contribution in [0.25, 0.3) is 0 Å². The summed E-state index contributed by atoms with van der Waals surface area (Å²) in [6, 6.07) is 14.5. The monoisotopic (exact) mass is 376 g/mol. The van der Waals surface area contributed by atoms with E-state index in [4.69, 9.17) is 4.99 Å². The number of para-hydroxylation sites is 1. The number of benzene rings is 2. The molecule has 1 aliphatic carbocycles. The van der Waals surface area contributed by atoms with Crippen LogP contribution in [0.1, 0.15) is 29.2 Å². The van der Waals surface area contributed by atoms with Crippen LogP contribution in [0.5, 0.6) is 0 Å². The fourth-order valence-electron chi connectivity index (χ4n) is 3.87. The van der Waals surface area contributed by atoms with Crippen LogP contribution in [0.3, 0.4) is 0 Å². The maximum atomic E-state index is 12.5. The van der Waals surface area contributed by atoms with E-state index in [0.29, 0.717) is 5.75 Å². The molecule has 136 valence electrons. The van der Waals surface area contributed by atoms with Crippen LogP contribution in [0.2, 0.25) is 0 Å². The second-order valence-electron chi connectivity index (χ2n) is 6.93. The average molecular weight is 376 g/mol. The number of carbonyl (C=O) groups is 1. The van der Waals surface area contributed by atoms with Gasteiger partial charge in [0.25, 0.3) is 0 Å². The van der Waals surface area contributed by atoms with Gasteiger partial charge in [0.2, 0.25) is 5.91 Å². The van der Waals surface area contributed by atoms with E-state index in [2.05, 4.69) is 35.0 Å². The Morgan fingerprint density at radius 2 is 2.11 bits per heavy atom. The third-order valence-electron chi connectivity index (χ3n) is 5.16. The van der Waals surface area contributed by atoms with Crippen LogP contribution >= 0.6 is 11.8 Å². The molecule has 0 saturated carbocycles. The van der Waals surface area contributed by atoms with Gasteiger partial charge in [-0.1, -0.05) is 36.0 Å². The number of hydrazine groups is 1. The lowest BCUT2D eigenvalue weighted by Crippen LogP contribution is -2.39. The fraction of sp³-hybridized carbons (Fsp3) is 0.238. The zero-order valence-corrected chi connectivity index (χ0v) is 15.6. The molecule has 1 unspecified atom stereocenters. The van der Waals surface area contributed by atoms with E-state index < -0.39 is 0 Å². The minimum Gasteiger partial charge on any atom is -0.325 e. The molecule has 6 heteroatoms. The number of fused-ring (bicyclic) bond motifs is 4. The lowest BCUT2D eigenvalue weighted by molar-refractivity contribution is -0.113. The van der Waals surface area contributed by atoms with Crippen LogP contribution in [-0.2, 0) is 17.6 Å². The zero-order chi connectivity index (χ0) is 18.2. The summed E-state index contributed by atoms with van der Waals surface area (Å²) in [6.45, 7) is 0. The number of amidine groups is 1. The Morgan fingerprint density at radius 3 is 3.07 bits per heavy atom. The summed E-state index contributed by atoms with van der Waals surface area (Å²) in [4.78, 5) is 17.2. The predicted molar refractivity (Wildman–Crippen MR) is 110 cm³/mol. The molecule has 2 aromatic carbocycles. The van der Waals surface area contributed by atoms with Crippen molar-refractivity contribution in [3.8, 4) is 0 Å². The van der Waals surface area contributed by atoms with E-state index in [-0.39, 0.29) is 11.9 Å². The standard InChI is InChI=1S/C21H20N4OS/c26-20(23-16-9-8-14-4-3-5-15(14)12-16)13-27-21-24-18-7-2-1-6-17(18)19-10-11-22-25(19)21/h1-2,6-12,19,22H,3-5,13H2,(H,23,26). The topological polar surface area (TPSA) is 56.7 Å². The smallest absolute Gasteiger partial charge is 0.234 e. The van der Waals surface area contributed by atoms with Gasteiger partial charge in [0.1, 0.15) is 0 Å². The summed E-state index contributed by atoms with van der Waals surface area (Å²) in [7, 11) is 0. The van der Waals surface area contributed by atoms with Crippen molar-refractivity contribution in [1.29, 1.82) is 0 Å². The van der Waals surface area contributed by atoms with Gasteiger partial charge in [-0.15, -0.1) is 0 Å². The van der Waals surface area contributed by atoms with E-state index >= 15 is 0 Å². The second-order valence-corrected chi connectivity index (χ2v) is 7.87. The Bertz CT molecular complexity index is 968. The number of aryl methyl sites for hydroxylation is 2. The van der Waals surface area contributed by atoms with Gasteiger partial charge >= 0.3 is 0 Å². The van der Waals surface area contributed by atoms with Gasteiger partial charge in [-0.05, 0) is 54.7 Å². The molecule has 0 aromatic heterocycles. The van der Waals surface area contributed by atoms with Crippen molar-refractivity contribution in [2.45, 2.75) is 25.3 Å². The molecule has 1 amide bonds. The number of rotatable bonds is 3. The number of nitrogens with zero attached hydrogens (tertiary/aromatic N) is 2. The van der Waals surface area contributed by atoms with Crippen LogP contribution in [-0.4, -0.2) is 21.8 Å². The molecule has 1 atom stereocenters. The number of hydrogen-bond donors (Lipinski definition) is 2. The molecular formula is C21H20N4OS. The van der Waals surface area contributed by atoms with Crippen molar-refractivity contribution < 1.29 is 4.79 Å². The first-order chi connectivity index (χ1) is 13.3. The SMILES string of the molecule is O=C(CSC1=Nc2ccccc2C2C=CNN12)Nc1ccc2c(c1)CCC2. The maximum Gasteiger partial charge on any atom is 0.234 e. The van der Waals surface area contributed by atoms with E-state index in [1.165, 1.54) is 34.9 Å². The van der Waals surface area contributed by atoms with Gasteiger partial charge in [-0.2, -0.15) is 0 Å².